The van der Waals surface area contributed by atoms with Gasteiger partial charge in [-0.25, -0.2) is 11.6 Å². The van der Waals surface area contributed by atoms with Crippen LogP contribution in [0.1, 0.15) is 42.5 Å². The molecule has 2 aliphatic carbocycles. The van der Waals surface area contributed by atoms with Gasteiger partial charge in [0.15, 0.2) is 0 Å². The fourth-order valence-electron chi connectivity index (χ4n) is 4.15. The van der Waals surface area contributed by atoms with E-state index >= 15 is 0 Å². The molecule has 2 aliphatic rings. The van der Waals surface area contributed by atoms with Gasteiger partial charge in [-0.15, -0.1) is 36.6 Å². The molecule has 4 aromatic carbocycles. The van der Waals surface area contributed by atoms with Crippen molar-refractivity contribution >= 4 is 3.21 Å². The maximum absolute atomic E-state index is 5.18. The average Bonchev–Trinajstić information content (AvgIpc) is 3.51. The van der Waals surface area contributed by atoms with Crippen LogP contribution in [0.15, 0.2) is 114 Å². The zero-order chi connectivity index (χ0) is 25.3. The van der Waals surface area contributed by atoms with Gasteiger partial charge in [0.1, 0.15) is 0 Å². The average molecular weight is 546 g/mol. The van der Waals surface area contributed by atoms with Gasteiger partial charge in [0.05, 0.1) is 7.11 Å². The Hall–Kier alpha value is -3.09. The van der Waals surface area contributed by atoms with Crippen molar-refractivity contribution in [3.63, 3.8) is 0 Å². The summed E-state index contributed by atoms with van der Waals surface area (Å²) < 4.78 is 6.60. The SMILES string of the molecule is CC1=C(C)C[C-]=C1.COc1[c-]c2c(cc1)-c1ccccc1C2.[Zr+2]=[C](c1ccccc1)c1ccccc1. The van der Waals surface area contributed by atoms with Crippen molar-refractivity contribution in [1.82, 2.24) is 0 Å². The van der Waals surface area contributed by atoms with Crippen LogP contribution in [0.5, 0.6) is 5.75 Å². The summed E-state index contributed by atoms with van der Waals surface area (Å²) in [4.78, 5) is 0. The minimum atomic E-state index is 0.821. The van der Waals surface area contributed by atoms with E-state index in [9.17, 15) is 0 Å². The van der Waals surface area contributed by atoms with E-state index in [0.29, 0.717) is 0 Å². The molecule has 0 atom stereocenters. The van der Waals surface area contributed by atoms with Crippen molar-refractivity contribution < 1.29 is 29.0 Å². The molecular weight excluding hydrogens is 516 g/mol. The first-order chi connectivity index (χ1) is 17.6. The predicted octanol–water partition coefficient (Wildman–Crippen LogP) is 7.95. The molecule has 0 amide bonds. The minimum absolute atomic E-state index is 0.821. The van der Waals surface area contributed by atoms with E-state index < -0.39 is 0 Å². The molecule has 0 bridgehead atoms. The third kappa shape index (κ3) is 6.56. The molecule has 2 heteroatoms. The number of fused-ring (bicyclic) bond motifs is 3. The first kappa shape index (κ1) is 26.0. The summed E-state index contributed by atoms with van der Waals surface area (Å²) in [6, 6.07) is 37.0. The molecule has 0 heterocycles. The zero-order valence-electron chi connectivity index (χ0n) is 21.1. The van der Waals surface area contributed by atoms with Gasteiger partial charge in [-0.05, 0) is 6.42 Å². The Morgan fingerprint density at radius 2 is 1.36 bits per heavy atom. The molecule has 4 aromatic rings. The first-order valence-electron chi connectivity index (χ1n) is 12.2. The first-order valence-corrected chi connectivity index (χ1v) is 13.4. The van der Waals surface area contributed by atoms with Gasteiger partial charge in [0.25, 0.3) is 0 Å². The Labute approximate surface area is 230 Å². The van der Waals surface area contributed by atoms with Gasteiger partial charge in [-0.2, -0.15) is 11.6 Å². The number of hydrogen-bond donors (Lipinski definition) is 0. The molecule has 0 fully saturated rings. The fraction of sp³-hybridized carbons (Fsp3) is 0.147. The molecule has 36 heavy (non-hydrogen) atoms. The van der Waals surface area contributed by atoms with E-state index in [0.717, 1.165) is 18.6 Å². The second kappa shape index (κ2) is 12.7. The van der Waals surface area contributed by atoms with Crippen molar-refractivity contribution in [1.29, 1.82) is 0 Å². The van der Waals surface area contributed by atoms with Gasteiger partial charge in [0.2, 0.25) is 0 Å². The Morgan fingerprint density at radius 3 is 1.89 bits per heavy atom. The quantitative estimate of drug-likeness (QED) is 0.209. The molecule has 0 radical (unpaired) electrons. The Balaban J connectivity index is 0.000000135. The van der Waals surface area contributed by atoms with Gasteiger partial charge >= 0.3 is 99.2 Å². The van der Waals surface area contributed by atoms with E-state index in [1.165, 1.54) is 72.0 Å². The summed E-state index contributed by atoms with van der Waals surface area (Å²) in [6.07, 6.45) is 7.20. The number of methoxy groups -OCH3 is 1. The van der Waals surface area contributed by atoms with Crippen LogP contribution in [0.2, 0.25) is 0 Å². The Morgan fingerprint density at radius 1 is 0.750 bits per heavy atom. The number of benzene rings is 4. The van der Waals surface area contributed by atoms with Gasteiger partial charge in [0, 0.05) is 5.75 Å². The predicted molar refractivity (Wildman–Crippen MR) is 147 cm³/mol. The number of allylic oxidation sites excluding steroid dienone is 4. The van der Waals surface area contributed by atoms with Crippen LogP contribution in [0.3, 0.4) is 0 Å². The Bertz CT molecular complexity index is 1340. The summed E-state index contributed by atoms with van der Waals surface area (Å²) in [6.45, 7) is 4.27. The normalized spacial score (nSPS) is 12.6. The van der Waals surface area contributed by atoms with Crippen molar-refractivity contribution in [2.45, 2.75) is 26.7 Å². The van der Waals surface area contributed by atoms with Crippen LogP contribution in [0.4, 0.5) is 0 Å². The van der Waals surface area contributed by atoms with Gasteiger partial charge in [-0.1, -0.05) is 42.3 Å². The summed E-state index contributed by atoms with van der Waals surface area (Å²) in [5, 5.41) is 0. The van der Waals surface area contributed by atoms with Gasteiger partial charge in [-0.3, -0.25) is 6.08 Å². The second-order valence-corrected chi connectivity index (χ2v) is 10.1. The third-order valence-electron chi connectivity index (χ3n) is 6.38. The zero-order valence-corrected chi connectivity index (χ0v) is 23.6. The summed E-state index contributed by atoms with van der Waals surface area (Å²) in [7, 11) is 1.68. The van der Waals surface area contributed by atoms with Crippen molar-refractivity contribution in [3.8, 4) is 16.9 Å². The van der Waals surface area contributed by atoms with E-state index in [1.807, 2.05) is 6.07 Å². The van der Waals surface area contributed by atoms with Crippen molar-refractivity contribution in [3.05, 3.63) is 149 Å². The van der Waals surface area contributed by atoms with Crippen LogP contribution in [0, 0.1) is 12.1 Å². The number of ether oxygens (including phenoxy) is 1. The Kier molecular flexibility index (Phi) is 9.20. The van der Waals surface area contributed by atoms with Crippen LogP contribution in [-0.2, 0) is 30.7 Å². The number of hydrogen-bond acceptors (Lipinski definition) is 1. The van der Waals surface area contributed by atoms with E-state index in [4.69, 9.17) is 4.74 Å². The van der Waals surface area contributed by atoms with Crippen molar-refractivity contribution in [2.75, 3.05) is 7.11 Å². The second-order valence-electron chi connectivity index (χ2n) is 8.85. The molecule has 0 unspecified atom stereocenters. The van der Waals surface area contributed by atoms with Gasteiger partial charge < -0.3 is 4.74 Å². The molecule has 6 rings (SSSR count). The molecule has 0 aliphatic heterocycles. The molecule has 176 valence electrons. The van der Waals surface area contributed by atoms with Crippen molar-refractivity contribution in [2.24, 2.45) is 0 Å². The molecule has 0 spiro atoms. The summed E-state index contributed by atoms with van der Waals surface area (Å²) in [5.41, 5.74) is 10.8. The van der Waals surface area contributed by atoms with Crippen LogP contribution < -0.4 is 4.74 Å². The fourth-order valence-corrected chi connectivity index (χ4v) is 4.97. The molecule has 0 aromatic heterocycles. The molecule has 0 saturated heterocycles. The number of rotatable bonds is 3. The van der Waals surface area contributed by atoms with E-state index in [-0.39, 0.29) is 0 Å². The topological polar surface area (TPSA) is 9.23 Å². The third-order valence-corrected chi connectivity index (χ3v) is 7.80. The molecular formula is C34H30OZr. The summed E-state index contributed by atoms with van der Waals surface area (Å²) >= 11 is 1.46. The van der Waals surface area contributed by atoms with E-state index in [2.05, 4.69) is 123 Å². The molecule has 0 N–H and O–H groups in total. The van der Waals surface area contributed by atoms with Crippen LogP contribution in [-0.4, -0.2) is 10.3 Å². The monoisotopic (exact) mass is 544 g/mol. The standard InChI is InChI=1S/C14H11O.C13H10.C7H9.Zr/c1-15-12-6-7-14-11(9-12)8-10-4-2-3-5-13(10)14;1-3-7-12(8-4-1)11-13-9-5-2-6-10-13;1-6-4-3-5-7(6)2;/h2-7H,8H2,1H3;1-10H;4H,5H2,1-2H3;/q-1;;-1;+2. The van der Waals surface area contributed by atoms with E-state index in [1.54, 1.807) is 7.11 Å². The summed E-state index contributed by atoms with van der Waals surface area (Å²) in [5.74, 6) is 0.821. The van der Waals surface area contributed by atoms with Crippen LogP contribution in [0.25, 0.3) is 11.1 Å². The molecule has 1 nitrogen and oxygen atoms in total. The van der Waals surface area contributed by atoms with Crippen LogP contribution >= 0.6 is 0 Å². The molecule has 0 saturated carbocycles. The maximum atomic E-state index is 5.18.